The lowest BCUT2D eigenvalue weighted by atomic mass is 10.0. The van der Waals surface area contributed by atoms with Gasteiger partial charge in [0.05, 0.1) is 39.6 Å². The van der Waals surface area contributed by atoms with Crippen molar-refractivity contribution >= 4 is 16.9 Å². The Kier molecular flexibility index (Phi) is 6.75. The van der Waals surface area contributed by atoms with Crippen molar-refractivity contribution in [1.82, 2.24) is 19.7 Å². The Bertz CT molecular complexity index is 1380. The molecule has 0 aliphatic carbocycles. The summed E-state index contributed by atoms with van der Waals surface area (Å²) in [5, 5.41) is 5.35. The molecule has 1 aliphatic rings. The van der Waals surface area contributed by atoms with E-state index in [-0.39, 0.29) is 11.9 Å². The SMILES string of the molecule is COc1cccc(CC2CCCN2C(=O)c2cnc3c(cnn3Cc3ccc(OC)cc3OC)c2)c1. The smallest absolute Gasteiger partial charge is 0.255 e. The van der Waals surface area contributed by atoms with Gasteiger partial charge in [-0.05, 0) is 55.2 Å². The lowest BCUT2D eigenvalue weighted by Crippen LogP contribution is -2.36. The van der Waals surface area contributed by atoms with E-state index in [0.29, 0.717) is 12.1 Å². The Hall–Kier alpha value is -4.07. The zero-order valence-corrected chi connectivity index (χ0v) is 20.8. The molecule has 1 fully saturated rings. The first-order valence-electron chi connectivity index (χ1n) is 12.1. The third-order valence-electron chi connectivity index (χ3n) is 6.78. The zero-order valence-electron chi connectivity index (χ0n) is 20.8. The minimum Gasteiger partial charge on any atom is -0.497 e. The number of likely N-dealkylation sites (tertiary alicyclic amines) is 1. The molecule has 1 unspecified atom stereocenters. The summed E-state index contributed by atoms with van der Waals surface area (Å²) in [7, 11) is 4.93. The predicted molar refractivity (Wildman–Crippen MR) is 137 cm³/mol. The van der Waals surface area contributed by atoms with Gasteiger partial charge in [0.15, 0.2) is 5.65 Å². The fraction of sp³-hybridized carbons (Fsp3) is 0.321. The monoisotopic (exact) mass is 486 g/mol. The van der Waals surface area contributed by atoms with Crippen LogP contribution in [0, 0.1) is 0 Å². The Morgan fingerprint density at radius 3 is 2.64 bits per heavy atom. The number of hydrogen-bond acceptors (Lipinski definition) is 6. The number of fused-ring (bicyclic) bond motifs is 1. The van der Waals surface area contributed by atoms with Crippen molar-refractivity contribution in [2.75, 3.05) is 27.9 Å². The summed E-state index contributed by atoms with van der Waals surface area (Å²) >= 11 is 0. The van der Waals surface area contributed by atoms with Crippen LogP contribution in [0.4, 0.5) is 0 Å². The van der Waals surface area contributed by atoms with Gasteiger partial charge in [-0.2, -0.15) is 5.10 Å². The molecule has 0 bridgehead atoms. The lowest BCUT2D eigenvalue weighted by Gasteiger charge is -2.25. The number of pyridine rings is 1. The Labute approximate surface area is 210 Å². The minimum atomic E-state index is 0.0133. The van der Waals surface area contributed by atoms with Gasteiger partial charge in [0.2, 0.25) is 0 Å². The van der Waals surface area contributed by atoms with Gasteiger partial charge in [-0.1, -0.05) is 12.1 Å². The van der Waals surface area contributed by atoms with Crippen LogP contribution in [0.5, 0.6) is 17.2 Å². The Balaban J connectivity index is 1.34. The molecule has 0 radical (unpaired) electrons. The highest BCUT2D eigenvalue weighted by Crippen LogP contribution is 2.28. The van der Waals surface area contributed by atoms with Crippen LogP contribution in [0.15, 0.2) is 60.9 Å². The fourth-order valence-corrected chi connectivity index (χ4v) is 4.90. The molecule has 186 valence electrons. The molecule has 8 heteroatoms. The van der Waals surface area contributed by atoms with Gasteiger partial charge in [0, 0.05) is 35.8 Å². The number of carbonyl (C=O) groups is 1. The van der Waals surface area contributed by atoms with E-state index < -0.39 is 0 Å². The number of hydrogen-bond donors (Lipinski definition) is 0. The molecular formula is C28H30N4O4. The first-order chi connectivity index (χ1) is 17.6. The molecule has 2 aromatic heterocycles. The van der Waals surface area contributed by atoms with E-state index in [1.54, 1.807) is 33.7 Å². The number of ether oxygens (including phenoxy) is 3. The van der Waals surface area contributed by atoms with Gasteiger partial charge >= 0.3 is 0 Å². The van der Waals surface area contributed by atoms with Crippen molar-refractivity contribution in [2.45, 2.75) is 31.8 Å². The highest BCUT2D eigenvalue weighted by Gasteiger charge is 2.30. The summed E-state index contributed by atoms with van der Waals surface area (Å²) in [4.78, 5) is 20.1. The normalized spacial score (nSPS) is 15.3. The van der Waals surface area contributed by atoms with Crippen LogP contribution in [0.1, 0.15) is 34.3 Å². The summed E-state index contributed by atoms with van der Waals surface area (Å²) in [6, 6.07) is 15.8. The maximum atomic E-state index is 13.5. The van der Waals surface area contributed by atoms with E-state index in [1.807, 2.05) is 52.0 Å². The lowest BCUT2D eigenvalue weighted by molar-refractivity contribution is 0.0736. The van der Waals surface area contributed by atoms with Crippen LogP contribution >= 0.6 is 0 Å². The third kappa shape index (κ3) is 4.71. The van der Waals surface area contributed by atoms with E-state index in [9.17, 15) is 4.79 Å². The quantitative estimate of drug-likeness (QED) is 0.368. The first-order valence-corrected chi connectivity index (χ1v) is 12.1. The summed E-state index contributed by atoms with van der Waals surface area (Å²) in [5.74, 6) is 2.30. The maximum absolute atomic E-state index is 13.5. The molecule has 0 saturated carbocycles. The summed E-state index contributed by atoms with van der Waals surface area (Å²) < 4.78 is 18.0. The van der Waals surface area contributed by atoms with Crippen molar-refractivity contribution in [3.05, 3.63) is 77.6 Å². The van der Waals surface area contributed by atoms with Gasteiger partial charge in [0.1, 0.15) is 17.2 Å². The standard InChI is InChI=1S/C28H30N4O4/c1-34-24-8-4-6-19(13-24)12-23-7-5-11-31(23)28(33)22-14-21-17-30-32(27(21)29-16-22)18-20-9-10-25(35-2)15-26(20)36-3/h4,6,8-10,13-17,23H,5,7,11-12,18H2,1-3H3. The second-order valence-electron chi connectivity index (χ2n) is 8.97. The van der Waals surface area contributed by atoms with Crippen LogP contribution in [-0.4, -0.2) is 59.5 Å². The number of benzene rings is 2. The van der Waals surface area contributed by atoms with E-state index in [4.69, 9.17) is 14.2 Å². The minimum absolute atomic E-state index is 0.0133. The average Bonchev–Trinajstić information content (AvgIpc) is 3.55. The van der Waals surface area contributed by atoms with Crippen LogP contribution in [0.2, 0.25) is 0 Å². The van der Waals surface area contributed by atoms with E-state index in [0.717, 1.165) is 59.7 Å². The molecule has 1 saturated heterocycles. The Morgan fingerprint density at radius 2 is 1.83 bits per heavy atom. The molecule has 2 aromatic carbocycles. The molecule has 8 nitrogen and oxygen atoms in total. The van der Waals surface area contributed by atoms with Crippen molar-refractivity contribution in [1.29, 1.82) is 0 Å². The molecule has 0 spiro atoms. The molecular weight excluding hydrogens is 456 g/mol. The summed E-state index contributed by atoms with van der Waals surface area (Å²) in [6.07, 6.45) is 6.21. The average molecular weight is 487 g/mol. The van der Waals surface area contributed by atoms with Crippen LogP contribution in [0.25, 0.3) is 11.0 Å². The molecule has 4 aromatic rings. The van der Waals surface area contributed by atoms with Crippen LogP contribution in [0.3, 0.4) is 0 Å². The second kappa shape index (κ2) is 10.3. The second-order valence-corrected chi connectivity index (χ2v) is 8.97. The highest BCUT2D eigenvalue weighted by atomic mass is 16.5. The van der Waals surface area contributed by atoms with Crippen molar-refractivity contribution in [2.24, 2.45) is 0 Å². The summed E-state index contributed by atoms with van der Waals surface area (Å²) in [5.41, 5.74) is 3.44. The van der Waals surface area contributed by atoms with E-state index in [1.165, 1.54) is 5.56 Å². The number of aromatic nitrogens is 3. The van der Waals surface area contributed by atoms with Crippen molar-refractivity contribution < 1.29 is 19.0 Å². The van der Waals surface area contributed by atoms with Gasteiger partial charge in [-0.25, -0.2) is 9.67 Å². The predicted octanol–water partition coefficient (Wildman–Crippen LogP) is 4.35. The van der Waals surface area contributed by atoms with Gasteiger partial charge < -0.3 is 19.1 Å². The molecule has 5 rings (SSSR count). The molecule has 36 heavy (non-hydrogen) atoms. The fourth-order valence-electron chi connectivity index (χ4n) is 4.90. The number of amides is 1. The van der Waals surface area contributed by atoms with E-state index >= 15 is 0 Å². The highest BCUT2D eigenvalue weighted by molar-refractivity contribution is 5.97. The maximum Gasteiger partial charge on any atom is 0.255 e. The topological polar surface area (TPSA) is 78.7 Å². The van der Waals surface area contributed by atoms with Crippen LogP contribution in [-0.2, 0) is 13.0 Å². The van der Waals surface area contributed by atoms with Crippen LogP contribution < -0.4 is 14.2 Å². The van der Waals surface area contributed by atoms with Gasteiger partial charge in [-0.3, -0.25) is 4.79 Å². The first kappa shape index (κ1) is 23.7. The third-order valence-corrected chi connectivity index (χ3v) is 6.78. The largest absolute Gasteiger partial charge is 0.497 e. The molecule has 3 heterocycles. The van der Waals surface area contributed by atoms with Crippen molar-refractivity contribution in [3.8, 4) is 17.2 Å². The number of methoxy groups -OCH3 is 3. The van der Waals surface area contributed by atoms with E-state index in [2.05, 4.69) is 16.1 Å². The van der Waals surface area contributed by atoms with Gasteiger partial charge in [0.25, 0.3) is 5.91 Å². The number of nitrogens with zero attached hydrogens (tertiary/aromatic N) is 4. The van der Waals surface area contributed by atoms with Gasteiger partial charge in [-0.15, -0.1) is 0 Å². The molecule has 1 atom stereocenters. The Morgan fingerprint density at radius 1 is 1.00 bits per heavy atom. The molecule has 1 aliphatic heterocycles. The summed E-state index contributed by atoms with van der Waals surface area (Å²) in [6.45, 7) is 1.24. The zero-order chi connectivity index (χ0) is 25.1. The van der Waals surface area contributed by atoms with Crippen molar-refractivity contribution in [3.63, 3.8) is 0 Å². The number of carbonyl (C=O) groups excluding carboxylic acids is 1. The molecule has 0 N–H and O–H groups in total. The number of rotatable bonds is 8. The molecule has 1 amide bonds.